The fourth-order valence-corrected chi connectivity index (χ4v) is 6.51. The number of imide groups is 1. The molecule has 0 aliphatic carbocycles. The first-order valence-corrected chi connectivity index (χ1v) is 12.0. The van der Waals surface area contributed by atoms with Crippen molar-refractivity contribution in [3.8, 4) is 0 Å². The number of para-hydroxylation sites is 1. The minimum Gasteiger partial charge on any atom is -0.353 e. The minimum absolute atomic E-state index is 0.197. The lowest BCUT2D eigenvalue weighted by Gasteiger charge is -2.39. The Labute approximate surface area is 201 Å². The fourth-order valence-electron chi connectivity index (χ4n) is 4.56. The van der Waals surface area contributed by atoms with Gasteiger partial charge in [-0.3, -0.25) is 14.4 Å². The number of amides is 2. The molecule has 0 aromatic heterocycles. The summed E-state index contributed by atoms with van der Waals surface area (Å²) in [7, 11) is 1.96. The second kappa shape index (κ2) is 7.81. The number of nitrogens with zero attached hydrogens (tertiary/aromatic N) is 3. The molecule has 3 aliphatic rings. The monoisotopic (exact) mass is 487 g/mol. The summed E-state index contributed by atoms with van der Waals surface area (Å²) in [6.45, 7) is 4.17. The molecule has 0 unspecified atom stereocenters. The summed E-state index contributed by atoms with van der Waals surface area (Å²) in [4.78, 5) is 36.6. The van der Waals surface area contributed by atoms with Gasteiger partial charge in [-0.15, -0.1) is 0 Å². The van der Waals surface area contributed by atoms with Gasteiger partial charge in [-0.25, -0.2) is 4.90 Å². The molecule has 166 valence electrons. The predicted octanol–water partition coefficient (Wildman–Crippen LogP) is 4.25. The zero-order chi connectivity index (χ0) is 22.8. The Morgan fingerprint density at radius 1 is 1.03 bits per heavy atom. The Morgan fingerprint density at radius 3 is 2.28 bits per heavy atom. The molecule has 2 aromatic carbocycles. The summed E-state index contributed by atoms with van der Waals surface area (Å²) in [5.74, 6) is -1.27. The van der Waals surface area contributed by atoms with Crippen molar-refractivity contribution in [1.29, 1.82) is 0 Å². The third-order valence-electron chi connectivity index (χ3n) is 6.56. The number of thiocarbonyl (C=S) groups is 1. The first kappa shape index (κ1) is 21.9. The average molecular weight is 488 g/mol. The van der Waals surface area contributed by atoms with Crippen molar-refractivity contribution in [3.63, 3.8) is 0 Å². The van der Waals surface area contributed by atoms with Crippen LogP contribution in [0.4, 0.5) is 5.69 Å². The molecule has 4 atom stereocenters. The molecule has 0 spiro atoms. The van der Waals surface area contributed by atoms with Gasteiger partial charge in [0.2, 0.25) is 5.91 Å². The third-order valence-corrected chi connectivity index (χ3v) is 8.86. The normalized spacial score (nSPS) is 29.8. The number of fused-ring (bicyclic) bond motifs is 1. The molecule has 0 radical (unpaired) electrons. The maximum atomic E-state index is 13.6. The lowest BCUT2D eigenvalue weighted by atomic mass is 9.90. The van der Waals surface area contributed by atoms with Crippen LogP contribution in [0.5, 0.6) is 0 Å². The van der Waals surface area contributed by atoms with Crippen LogP contribution in [0.25, 0.3) is 0 Å². The smallest absolute Gasteiger partial charge is 0.265 e. The number of thioether (sulfide) groups is 1. The van der Waals surface area contributed by atoms with Gasteiger partial charge in [-0.1, -0.05) is 65.9 Å². The second-order valence-electron chi connectivity index (χ2n) is 8.70. The van der Waals surface area contributed by atoms with Crippen LogP contribution in [0.3, 0.4) is 0 Å². The van der Waals surface area contributed by atoms with Crippen molar-refractivity contribution in [1.82, 2.24) is 9.96 Å². The van der Waals surface area contributed by atoms with E-state index in [1.807, 2.05) is 47.3 Å². The molecule has 32 heavy (non-hydrogen) atoms. The number of benzene rings is 2. The highest BCUT2D eigenvalue weighted by Crippen LogP contribution is 2.52. The van der Waals surface area contributed by atoms with Crippen LogP contribution in [0.15, 0.2) is 54.6 Å². The van der Waals surface area contributed by atoms with Crippen molar-refractivity contribution in [3.05, 3.63) is 65.2 Å². The number of hydrogen-bond acceptors (Lipinski definition) is 6. The maximum absolute atomic E-state index is 13.6. The molecule has 3 heterocycles. The van der Waals surface area contributed by atoms with Crippen molar-refractivity contribution < 1.29 is 14.4 Å². The molecule has 0 N–H and O–H groups in total. The summed E-state index contributed by atoms with van der Waals surface area (Å²) in [5.41, 5.74) is 1.06. The van der Waals surface area contributed by atoms with Gasteiger partial charge < -0.3 is 4.90 Å². The van der Waals surface area contributed by atoms with E-state index in [1.165, 1.54) is 16.7 Å². The van der Waals surface area contributed by atoms with E-state index < -0.39 is 18.1 Å². The van der Waals surface area contributed by atoms with E-state index in [-0.39, 0.29) is 22.7 Å². The van der Waals surface area contributed by atoms with Crippen molar-refractivity contribution in [2.45, 2.75) is 36.9 Å². The van der Waals surface area contributed by atoms with Gasteiger partial charge in [-0.05, 0) is 43.7 Å². The summed E-state index contributed by atoms with van der Waals surface area (Å²) < 4.78 is 0.749. The highest BCUT2D eigenvalue weighted by Gasteiger charge is 2.63. The van der Waals surface area contributed by atoms with Crippen LogP contribution in [0.1, 0.15) is 25.5 Å². The number of halogens is 1. The fraction of sp³-hybridized carbons (Fsp3) is 0.348. The Balaban J connectivity index is 1.58. The second-order valence-corrected chi connectivity index (χ2v) is 10.9. The van der Waals surface area contributed by atoms with Gasteiger partial charge in [0, 0.05) is 12.1 Å². The quantitative estimate of drug-likeness (QED) is 0.473. The van der Waals surface area contributed by atoms with E-state index >= 15 is 0 Å². The zero-order valence-electron chi connectivity index (χ0n) is 17.8. The molecule has 0 bridgehead atoms. The molecule has 6 nitrogen and oxygen atoms in total. The van der Waals surface area contributed by atoms with Crippen molar-refractivity contribution >= 4 is 57.4 Å². The van der Waals surface area contributed by atoms with Crippen LogP contribution in [-0.4, -0.2) is 50.2 Å². The molecule has 5 rings (SSSR count). The zero-order valence-corrected chi connectivity index (χ0v) is 20.2. The summed E-state index contributed by atoms with van der Waals surface area (Å²) >= 11 is 13.2. The van der Waals surface area contributed by atoms with Crippen LogP contribution in [0, 0.1) is 5.92 Å². The van der Waals surface area contributed by atoms with E-state index in [0.717, 1.165) is 9.88 Å². The van der Waals surface area contributed by atoms with Crippen LogP contribution in [0.2, 0.25) is 5.02 Å². The number of hydrogen-bond donors (Lipinski definition) is 0. The van der Waals surface area contributed by atoms with E-state index in [0.29, 0.717) is 10.7 Å². The van der Waals surface area contributed by atoms with Crippen LogP contribution in [-0.2, 0) is 14.4 Å². The lowest BCUT2D eigenvalue weighted by molar-refractivity contribution is -0.188. The molecule has 2 amide bonds. The van der Waals surface area contributed by atoms with Crippen molar-refractivity contribution in [2.24, 2.45) is 5.92 Å². The number of rotatable bonds is 3. The highest BCUT2D eigenvalue weighted by atomic mass is 35.5. The Bertz CT molecular complexity index is 1100. The first-order valence-electron chi connectivity index (χ1n) is 10.3. The number of carbonyl (C=O) groups is 2. The minimum atomic E-state index is -0.890. The SMILES string of the molecule is CN1C(=S)S[C@@H](N2O[C@H]3C(=O)N(c4ccccc4)C(=O)[C@H]3[C@@H]2c2ccc(Cl)cc2)C1(C)C. The lowest BCUT2D eigenvalue weighted by Crippen LogP contribution is -2.51. The van der Waals surface area contributed by atoms with Gasteiger partial charge >= 0.3 is 0 Å². The number of carbonyl (C=O) groups excluding carboxylic acids is 2. The topological polar surface area (TPSA) is 53.1 Å². The molecule has 3 saturated heterocycles. The molecule has 3 aliphatic heterocycles. The number of likely N-dealkylation sites (N-methyl/N-ethyl adjacent to an activating group) is 1. The largest absolute Gasteiger partial charge is 0.353 e. The Hall–Kier alpha value is -1.97. The van der Waals surface area contributed by atoms with Gasteiger partial charge in [0.15, 0.2) is 6.10 Å². The van der Waals surface area contributed by atoms with Crippen molar-refractivity contribution in [2.75, 3.05) is 11.9 Å². The van der Waals surface area contributed by atoms with E-state index in [1.54, 1.807) is 24.3 Å². The molecular weight excluding hydrogens is 466 g/mol. The summed E-state index contributed by atoms with van der Waals surface area (Å²) in [6.07, 6.45) is -0.890. The van der Waals surface area contributed by atoms with Gasteiger partial charge in [-0.2, -0.15) is 5.06 Å². The van der Waals surface area contributed by atoms with Gasteiger partial charge in [0.25, 0.3) is 5.91 Å². The molecule has 9 heteroatoms. The standard InChI is InChI=1S/C23H22ClN3O3S2/c1-23(2)21(32-22(31)25(23)3)27-17(13-9-11-14(24)12-10-13)16-18(30-27)20(29)26(19(16)28)15-7-5-4-6-8-15/h4-12,16-18,21H,1-3H3/t16-,17-,18+,21+/m0/s1. The van der Waals surface area contributed by atoms with E-state index in [9.17, 15) is 9.59 Å². The van der Waals surface area contributed by atoms with Gasteiger partial charge in [0.05, 0.1) is 23.2 Å². The molecular formula is C23H22ClN3O3S2. The molecule has 2 aromatic rings. The van der Waals surface area contributed by atoms with Gasteiger partial charge in [0.1, 0.15) is 9.69 Å². The average Bonchev–Trinajstić information content (AvgIpc) is 3.34. The Kier molecular flexibility index (Phi) is 5.34. The molecule has 3 fully saturated rings. The Morgan fingerprint density at radius 2 is 1.69 bits per heavy atom. The maximum Gasteiger partial charge on any atom is 0.265 e. The van der Waals surface area contributed by atoms with Crippen LogP contribution < -0.4 is 4.90 Å². The first-order chi connectivity index (χ1) is 15.2. The van der Waals surface area contributed by atoms with E-state index in [2.05, 4.69) is 13.8 Å². The number of anilines is 1. The predicted molar refractivity (Wildman–Crippen MR) is 129 cm³/mol. The third kappa shape index (κ3) is 3.20. The number of hydroxylamine groups is 2. The summed E-state index contributed by atoms with van der Waals surface area (Å²) in [6, 6.07) is 15.9. The van der Waals surface area contributed by atoms with E-state index in [4.69, 9.17) is 28.7 Å². The molecule has 0 saturated carbocycles. The summed E-state index contributed by atoms with van der Waals surface area (Å²) in [5, 5.41) is 2.22. The van der Waals surface area contributed by atoms with Crippen LogP contribution >= 0.6 is 35.6 Å². The highest BCUT2D eigenvalue weighted by molar-refractivity contribution is 8.23.